The van der Waals surface area contributed by atoms with Crippen molar-refractivity contribution in [2.24, 2.45) is 0 Å². The van der Waals surface area contributed by atoms with Crippen LogP contribution in [0.5, 0.6) is 0 Å². The summed E-state index contributed by atoms with van der Waals surface area (Å²) in [4.78, 5) is 18.5. The van der Waals surface area contributed by atoms with E-state index in [1.165, 1.54) is 36.4 Å². The lowest BCUT2D eigenvalue weighted by Crippen LogP contribution is -2.02. The number of benzene rings is 4. The molecule has 0 aliphatic rings. The number of halogens is 2. The fourth-order valence-corrected chi connectivity index (χ4v) is 4.43. The molecular formula is C24H16F2NO3P. The van der Waals surface area contributed by atoms with Crippen LogP contribution in [-0.2, 0) is 4.57 Å². The lowest BCUT2D eigenvalue weighted by molar-refractivity contribution is 0.387. The van der Waals surface area contributed by atoms with Gasteiger partial charge in [0.25, 0.3) is 0 Å². The Balaban J connectivity index is 1.62. The van der Waals surface area contributed by atoms with Gasteiger partial charge in [-0.05, 0) is 71.8 Å². The van der Waals surface area contributed by atoms with E-state index in [0.717, 1.165) is 27.8 Å². The molecule has 0 unspecified atom stereocenters. The zero-order valence-corrected chi connectivity index (χ0v) is 16.9. The molecule has 0 atom stereocenters. The van der Waals surface area contributed by atoms with Gasteiger partial charge in [0.1, 0.15) is 11.6 Å². The van der Waals surface area contributed by atoms with E-state index < -0.39 is 7.60 Å². The maximum absolute atomic E-state index is 13.9. The number of nitrogens with zero attached hydrogens (tertiary/aromatic N) is 1. The Morgan fingerprint density at radius 3 is 1.55 bits per heavy atom. The molecule has 7 heteroatoms. The molecule has 0 saturated carbocycles. The van der Waals surface area contributed by atoms with Crippen LogP contribution in [0, 0.1) is 11.6 Å². The first-order chi connectivity index (χ1) is 14.8. The second-order valence-electron chi connectivity index (χ2n) is 7.30. The van der Waals surface area contributed by atoms with Crippen LogP contribution < -0.4 is 5.30 Å². The molecule has 1 aromatic heterocycles. The van der Waals surface area contributed by atoms with Crippen LogP contribution >= 0.6 is 7.60 Å². The molecule has 0 spiro atoms. The van der Waals surface area contributed by atoms with Crippen molar-refractivity contribution in [3.05, 3.63) is 96.6 Å². The summed E-state index contributed by atoms with van der Waals surface area (Å²) in [5, 5.41) is 1.23. The van der Waals surface area contributed by atoms with Crippen LogP contribution in [0.15, 0.2) is 84.9 Å². The third-order valence-corrected chi connectivity index (χ3v) is 6.32. The normalized spacial score (nSPS) is 12.0. The van der Waals surface area contributed by atoms with Crippen LogP contribution in [0.25, 0.3) is 38.6 Å². The molecule has 1 heterocycles. The van der Waals surface area contributed by atoms with Crippen molar-refractivity contribution in [3.8, 4) is 16.8 Å². The van der Waals surface area contributed by atoms with Gasteiger partial charge in [-0.25, -0.2) is 8.78 Å². The zero-order valence-electron chi connectivity index (χ0n) is 16.0. The zero-order chi connectivity index (χ0) is 21.8. The summed E-state index contributed by atoms with van der Waals surface area (Å²) in [5.41, 5.74) is 4.05. The molecule has 154 valence electrons. The van der Waals surface area contributed by atoms with Gasteiger partial charge < -0.3 is 14.4 Å². The third kappa shape index (κ3) is 3.45. The molecule has 0 saturated heterocycles. The molecule has 0 radical (unpaired) electrons. The second-order valence-corrected chi connectivity index (χ2v) is 8.90. The van der Waals surface area contributed by atoms with Gasteiger partial charge in [0.15, 0.2) is 0 Å². The molecule has 2 N–H and O–H groups in total. The fourth-order valence-electron chi connectivity index (χ4n) is 3.90. The van der Waals surface area contributed by atoms with Crippen LogP contribution in [0.1, 0.15) is 0 Å². The average molecular weight is 435 g/mol. The van der Waals surface area contributed by atoms with Crippen molar-refractivity contribution in [2.45, 2.75) is 0 Å². The van der Waals surface area contributed by atoms with Crippen molar-refractivity contribution in [2.75, 3.05) is 0 Å². The minimum absolute atomic E-state index is 0.0300. The Hall–Kier alpha value is -3.31. The Labute approximate surface area is 176 Å². The summed E-state index contributed by atoms with van der Waals surface area (Å²) in [6.07, 6.45) is 0. The molecule has 5 rings (SSSR count). The topological polar surface area (TPSA) is 62.5 Å². The van der Waals surface area contributed by atoms with E-state index in [1.54, 1.807) is 24.3 Å². The highest BCUT2D eigenvalue weighted by atomic mass is 31.2. The number of fused-ring (bicyclic) bond motifs is 3. The average Bonchev–Trinajstić information content (AvgIpc) is 3.06. The van der Waals surface area contributed by atoms with Crippen LogP contribution in [0.2, 0.25) is 0 Å². The lowest BCUT2D eigenvalue weighted by atomic mass is 10.1. The van der Waals surface area contributed by atoms with E-state index in [2.05, 4.69) is 0 Å². The minimum Gasteiger partial charge on any atom is -0.321 e. The molecule has 0 aliphatic carbocycles. The number of aromatic nitrogens is 1. The van der Waals surface area contributed by atoms with Gasteiger partial charge in [-0.15, -0.1) is 0 Å². The van der Waals surface area contributed by atoms with E-state index in [-0.39, 0.29) is 16.9 Å². The van der Waals surface area contributed by atoms with Crippen LogP contribution in [0.3, 0.4) is 0 Å². The lowest BCUT2D eigenvalue weighted by Gasteiger charge is -2.10. The Kier molecular flexibility index (Phi) is 4.52. The smallest absolute Gasteiger partial charge is 0.321 e. The molecule has 4 aromatic carbocycles. The predicted molar refractivity (Wildman–Crippen MR) is 118 cm³/mol. The molecular weight excluding hydrogens is 419 g/mol. The predicted octanol–water partition coefficient (Wildman–Crippen LogP) is 5.53. The van der Waals surface area contributed by atoms with Gasteiger partial charge in [0.05, 0.1) is 16.3 Å². The molecule has 5 aromatic rings. The first-order valence-electron chi connectivity index (χ1n) is 9.47. The summed E-state index contributed by atoms with van der Waals surface area (Å²) in [6.45, 7) is 0. The second kappa shape index (κ2) is 7.13. The highest BCUT2D eigenvalue weighted by Gasteiger charge is 2.17. The summed E-state index contributed by atoms with van der Waals surface area (Å²) in [7, 11) is -4.28. The summed E-state index contributed by atoms with van der Waals surface area (Å²) >= 11 is 0. The largest absolute Gasteiger partial charge is 0.356 e. The van der Waals surface area contributed by atoms with Crippen LogP contribution in [-0.4, -0.2) is 14.4 Å². The Bertz CT molecular complexity index is 1430. The van der Waals surface area contributed by atoms with Gasteiger partial charge in [-0.1, -0.05) is 24.3 Å². The fraction of sp³-hybridized carbons (Fsp3) is 0. The molecule has 0 fully saturated rings. The van der Waals surface area contributed by atoms with E-state index in [0.29, 0.717) is 10.8 Å². The van der Waals surface area contributed by atoms with Gasteiger partial charge in [-0.3, -0.25) is 4.57 Å². The standard InChI is InChI=1S/C24H16F2NO3P/c25-17-5-11-23-21(13-17)22-14-18(26)6-12-24(22)27(23)19-7-1-15(2-8-19)16-3-9-20(10-4-16)31(28,29)30/h1-14H,(H2,28,29,30). The minimum atomic E-state index is -4.28. The highest BCUT2D eigenvalue weighted by molar-refractivity contribution is 7.60. The van der Waals surface area contributed by atoms with Crippen molar-refractivity contribution in [3.63, 3.8) is 0 Å². The first-order valence-corrected chi connectivity index (χ1v) is 11.1. The summed E-state index contributed by atoms with van der Waals surface area (Å²) < 4.78 is 41.0. The van der Waals surface area contributed by atoms with Gasteiger partial charge in [0.2, 0.25) is 0 Å². The number of hydrogen-bond acceptors (Lipinski definition) is 1. The van der Waals surface area contributed by atoms with Crippen molar-refractivity contribution >= 4 is 34.7 Å². The van der Waals surface area contributed by atoms with Crippen LogP contribution in [0.4, 0.5) is 8.78 Å². The SMILES string of the molecule is O=P(O)(O)c1ccc(-c2ccc(-n3c4ccc(F)cc4c4cc(F)ccc43)cc2)cc1. The highest BCUT2D eigenvalue weighted by Crippen LogP contribution is 2.35. The quantitative estimate of drug-likeness (QED) is 0.366. The first kappa shape index (κ1) is 19.6. The van der Waals surface area contributed by atoms with Crippen molar-refractivity contribution in [1.29, 1.82) is 0 Å². The van der Waals surface area contributed by atoms with Crippen molar-refractivity contribution in [1.82, 2.24) is 4.57 Å². The monoisotopic (exact) mass is 435 g/mol. The molecule has 4 nitrogen and oxygen atoms in total. The number of rotatable bonds is 3. The van der Waals surface area contributed by atoms with E-state index in [1.807, 2.05) is 28.8 Å². The van der Waals surface area contributed by atoms with Crippen molar-refractivity contribution < 1.29 is 23.1 Å². The Morgan fingerprint density at radius 1 is 0.645 bits per heavy atom. The molecule has 0 amide bonds. The van der Waals surface area contributed by atoms with Gasteiger partial charge in [0, 0.05) is 16.5 Å². The summed E-state index contributed by atoms with van der Waals surface area (Å²) in [5.74, 6) is -0.769. The molecule has 31 heavy (non-hydrogen) atoms. The molecule has 0 bridgehead atoms. The molecule has 0 aliphatic heterocycles. The maximum atomic E-state index is 13.9. The van der Waals surface area contributed by atoms with E-state index in [9.17, 15) is 23.1 Å². The number of hydrogen-bond donors (Lipinski definition) is 2. The van der Waals surface area contributed by atoms with E-state index >= 15 is 0 Å². The third-order valence-electron chi connectivity index (χ3n) is 5.35. The van der Waals surface area contributed by atoms with E-state index in [4.69, 9.17) is 0 Å². The Morgan fingerprint density at radius 2 is 1.10 bits per heavy atom. The summed E-state index contributed by atoms with van der Waals surface area (Å²) in [6, 6.07) is 22.7. The van der Waals surface area contributed by atoms with Gasteiger partial charge >= 0.3 is 7.60 Å². The maximum Gasteiger partial charge on any atom is 0.356 e. The van der Waals surface area contributed by atoms with Gasteiger partial charge in [-0.2, -0.15) is 0 Å².